The maximum atomic E-state index is 13.4. The van der Waals surface area contributed by atoms with Crippen molar-refractivity contribution >= 4 is 5.97 Å². The summed E-state index contributed by atoms with van der Waals surface area (Å²) in [7, 11) is 0. The van der Waals surface area contributed by atoms with E-state index in [0.29, 0.717) is 0 Å². The molecular weight excluding hydrogens is 316 g/mol. The second-order valence-corrected chi connectivity index (χ2v) is 5.05. The van der Waals surface area contributed by atoms with E-state index in [1.165, 1.54) is 0 Å². The molecule has 0 heterocycles. The molecule has 1 N–H and O–H groups in total. The number of carboxylic acids is 1. The van der Waals surface area contributed by atoms with E-state index in [0.717, 1.165) is 13.8 Å². The van der Waals surface area contributed by atoms with Crippen LogP contribution in [0.25, 0.3) is 0 Å². The fraction of sp³-hybridized carbons (Fsp3) is 0.727. The van der Waals surface area contributed by atoms with Crippen LogP contribution in [-0.2, 0) is 4.79 Å². The highest BCUT2D eigenvalue weighted by atomic mass is 19.4. The van der Waals surface area contributed by atoms with Crippen LogP contribution >= 0.6 is 0 Å². The monoisotopic (exact) mass is 328 g/mol. The Morgan fingerprint density at radius 1 is 1.10 bits per heavy atom. The molecule has 0 atom stereocenters. The molecular formula is C11H12F8O2. The molecule has 21 heavy (non-hydrogen) atoms. The van der Waals surface area contributed by atoms with Gasteiger partial charge in [-0.1, -0.05) is 20.4 Å². The van der Waals surface area contributed by atoms with Gasteiger partial charge in [-0.2, -0.15) is 26.3 Å². The largest absolute Gasteiger partial charge is 0.478 e. The van der Waals surface area contributed by atoms with Gasteiger partial charge in [-0.25, -0.2) is 13.6 Å². The van der Waals surface area contributed by atoms with Gasteiger partial charge in [0, 0.05) is 17.4 Å². The van der Waals surface area contributed by atoms with E-state index in [1.807, 2.05) is 0 Å². The maximum Gasteiger partial charge on any atom is 0.377 e. The van der Waals surface area contributed by atoms with E-state index < -0.39 is 47.6 Å². The molecule has 124 valence electrons. The normalized spacial score (nSPS) is 14.4. The van der Waals surface area contributed by atoms with E-state index in [1.54, 1.807) is 0 Å². The molecule has 0 radical (unpaired) electrons. The first-order chi connectivity index (χ1) is 9.00. The van der Waals surface area contributed by atoms with Crippen molar-refractivity contribution in [1.29, 1.82) is 0 Å². The molecule has 0 fully saturated rings. The number of hydrogen-bond donors (Lipinski definition) is 1. The zero-order chi connectivity index (χ0) is 17.4. The predicted octanol–water partition coefficient (Wildman–Crippen LogP) is 4.21. The topological polar surface area (TPSA) is 37.3 Å². The molecule has 0 amide bonds. The van der Waals surface area contributed by atoms with Crippen molar-refractivity contribution in [2.75, 3.05) is 0 Å². The van der Waals surface area contributed by atoms with Gasteiger partial charge in [0.2, 0.25) is 0 Å². The van der Waals surface area contributed by atoms with Gasteiger partial charge in [-0.05, 0) is 0 Å². The van der Waals surface area contributed by atoms with Crippen LogP contribution in [-0.4, -0.2) is 35.3 Å². The van der Waals surface area contributed by atoms with Gasteiger partial charge in [-0.15, -0.1) is 0 Å². The predicted molar refractivity (Wildman–Crippen MR) is 56.0 cm³/mol. The van der Waals surface area contributed by atoms with E-state index in [9.17, 15) is 39.9 Å². The first-order valence-electron chi connectivity index (χ1n) is 5.35. The number of carbonyl (C=O) groups is 1. The highest BCUT2D eigenvalue weighted by Gasteiger charge is 2.75. The lowest BCUT2D eigenvalue weighted by atomic mass is 9.77. The van der Waals surface area contributed by atoms with Gasteiger partial charge in [-0.3, -0.25) is 0 Å². The van der Waals surface area contributed by atoms with Crippen molar-refractivity contribution in [2.24, 2.45) is 5.41 Å². The van der Waals surface area contributed by atoms with Gasteiger partial charge in [0.05, 0.1) is 0 Å². The van der Waals surface area contributed by atoms with Crippen molar-refractivity contribution in [2.45, 2.75) is 44.5 Å². The van der Waals surface area contributed by atoms with Crippen LogP contribution in [0.15, 0.2) is 12.2 Å². The number of aliphatic carboxylic acids is 1. The van der Waals surface area contributed by atoms with Gasteiger partial charge in [0.25, 0.3) is 0 Å². The molecule has 0 aromatic carbocycles. The van der Waals surface area contributed by atoms with Crippen LogP contribution in [0.1, 0.15) is 20.3 Å². The molecule has 0 spiro atoms. The molecule has 0 aliphatic carbocycles. The maximum absolute atomic E-state index is 13.4. The van der Waals surface area contributed by atoms with Crippen molar-refractivity contribution in [3.05, 3.63) is 12.2 Å². The zero-order valence-electron chi connectivity index (χ0n) is 10.9. The number of alkyl halides is 8. The Balaban J connectivity index is 5.59. The molecule has 0 unspecified atom stereocenters. The van der Waals surface area contributed by atoms with Crippen LogP contribution in [0, 0.1) is 5.41 Å². The Hall–Kier alpha value is -1.35. The Bertz CT molecular complexity index is 428. The van der Waals surface area contributed by atoms with Crippen LogP contribution in [0.5, 0.6) is 0 Å². The molecule has 0 aromatic heterocycles. The Labute approximate surface area is 114 Å². The third kappa shape index (κ3) is 3.46. The smallest absolute Gasteiger partial charge is 0.377 e. The Kier molecular flexibility index (Phi) is 5.10. The lowest BCUT2D eigenvalue weighted by molar-refractivity contribution is -0.342. The fourth-order valence-corrected chi connectivity index (χ4v) is 1.44. The summed E-state index contributed by atoms with van der Waals surface area (Å²) in [6.45, 7) is 4.36. The van der Waals surface area contributed by atoms with E-state index >= 15 is 0 Å². The molecule has 0 aliphatic rings. The third-order valence-electron chi connectivity index (χ3n) is 2.89. The molecule has 0 saturated heterocycles. The highest BCUT2D eigenvalue weighted by Crippen LogP contribution is 2.53. The average molecular weight is 328 g/mol. The molecule has 0 aliphatic heterocycles. The van der Waals surface area contributed by atoms with Gasteiger partial charge in [0.15, 0.2) is 0 Å². The first-order valence-corrected chi connectivity index (χ1v) is 5.35. The second kappa shape index (κ2) is 5.45. The second-order valence-electron chi connectivity index (χ2n) is 5.05. The zero-order valence-corrected chi connectivity index (χ0v) is 10.9. The summed E-state index contributed by atoms with van der Waals surface area (Å²) in [6, 6.07) is 0. The lowest BCUT2D eigenvalue weighted by Crippen LogP contribution is -2.58. The fourth-order valence-electron chi connectivity index (χ4n) is 1.44. The minimum atomic E-state index is -6.36. The molecule has 0 rings (SSSR count). The molecule has 10 heteroatoms. The van der Waals surface area contributed by atoms with E-state index in [-0.39, 0.29) is 0 Å². The molecule has 0 bridgehead atoms. The van der Waals surface area contributed by atoms with E-state index in [4.69, 9.17) is 5.11 Å². The van der Waals surface area contributed by atoms with Crippen molar-refractivity contribution in [1.82, 2.24) is 0 Å². The summed E-state index contributed by atoms with van der Waals surface area (Å²) in [5.41, 5.74) is -3.17. The molecule has 0 aromatic rings. The lowest BCUT2D eigenvalue weighted by Gasteiger charge is -2.36. The quantitative estimate of drug-likeness (QED) is 0.561. The SMILES string of the molecule is C=C(C(=O)O)C(C)(C)CC(F)(F)C(F)(F)C(F)(F)C(F)F. The summed E-state index contributed by atoms with van der Waals surface area (Å²) < 4.78 is 102. The van der Waals surface area contributed by atoms with Crippen LogP contribution in [0.3, 0.4) is 0 Å². The third-order valence-corrected chi connectivity index (χ3v) is 2.89. The average Bonchev–Trinajstić information content (AvgIpc) is 2.25. The molecule has 2 nitrogen and oxygen atoms in total. The van der Waals surface area contributed by atoms with Crippen molar-refractivity contribution in [3.63, 3.8) is 0 Å². The van der Waals surface area contributed by atoms with E-state index in [2.05, 4.69) is 6.58 Å². The van der Waals surface area contributed by atoms with Crippen LogP contribution in [0.4, 0.5) is 35.1 Å². The van der Waals surface area contributed by atoms with Crippen LogP contribution in [0.2, 0.25) is 0 Å². The minimum Gasteiger partial charge on any atom is -0.478 e. The summed E-state index contributed by atoms with van der Waals surface area (Å²) in [4.78, 5) is 10.6. The summed E-state index contributed by atoms with van der Waals surface area (Å²) in [5, 5.41) is 8.57. The first kappa shape index (κ1) is 19.7. The Morgan fingerprint density at radius 2 is 1.48 bits per heavy atom. The number of rotatable bonds is 7. The number of halogens is 8. The van der Waals surface area contributed by atoms with Crippen molar-refractivity contribution in [3.8, 4) is 0 Å². The molecule has 0 saturated carbocycles. The summed E-state index contributed by atoms with van der Waals surface area (Å²) in [6.07, 6.45) is -7.11. The Morgan fingerprint density at radius 3 is 1.76 bits per heavy atom. The summed E-state index contributed by atoms with van der Waals surface area (Å²) >= 11 is 0. The van der Waals surface area contributed by atoms with Gasteiger partial charge >= 0.3 is 30.2 Å². The van der Waals surface area contributed by atoms with Gasteiger partial charge < -0.3 is 5.11 Å². The summed E-state index contributed by atoms with van der Waals surface area (Å²) in [5.74, 6) is -20.0. The van der Waals surface area contributed by atoms with Crippen LogP contribution < -0.4 is 0 Å². The van der Waals surface area contributed by atoms with Crippen molar-refractivity contribution < 1.29 is 45.0 Å². The number of carboxylic acid groups (broad SMARTS) is 1. The highest BCUT2D eigenvalue weighted by molar-refractivity contribution is 5.87. The standard InChI is InChI=1S/C11H12F8O2/c1-5(6(20)21)8(2,3)4-9(14,15)11(18,19)10(16,17)7(12)13/h7H,1,4H2,2-3H3,(H,20,21). The minimum absolute atomic E-state index is 0.744. The number of hydrogen-bond acceptors (Lipinski definition) is 1. The van der Waals surface area contributed by atoms with Gasteiger partial charge in [0.1, 0.15) is 0 Å².